The molecule has 0 amide bonds. The Labute approximate surface area is 212 Å². The summed E-state index contributed by atoms with van der Waals surface area (Å²) in [6, 6.07) is 8.27. The Morgan fingerprint density at radius 3 is 2.32 bits per heavy atom. The number of nitrogens with zero attached hydrogens (tertiary/aromatic N) is 9. The number of hydrogen-bond acceptors (Lipinski definition) is 8. The average Bonchev–Trinajstić information content (AvgIpc) is 3.55. The molecule has 0 saturated carbocycles. The molecule has 10 nitrogen and oxygen atoms in total. The minimum absolute atomic E-state index is 0.188. The maximum Gasteiger partial charge on any atom is 0.225 e. The third-order valence-corrected chi connectivity index (χ3v) is 6.88. The molecule has 1 fully saturated rings. The number of rotatable bonds is 5. The van der Waals surface area contributed by atoms with Gasteiger partial charge in [0.05, 0.1) is 6.20 Å². The summed E-state index contributed by atoms with van der Waals surface area (Å²) in [4.78, 5) is 17.9. The van der Waals surface area contributed by atoms with Gasteiger partial charge in [-0.1, -0.05) is 18.2 Å². The standard InChI is InChI=1S/C26H26FN9O/c1-26(37,21-5-3-4-6-22(21)27)20-13-28-25(29-14-20)35-9-7-34(8-10-35)24-23-11-18(16-36(23)32-17-30-24)19-12-31-33(2)15-19/h3-6,11-17,37H,7-10H2,1-2H3/t26-/m0/s1. The Morgan fingerprint density at radius 1 is 0.892 bits per heavy atom. The lowest BCUT2D eigenvalue weighted by Gasteiger charge is -2.35. The van der Waals surface area contributed by atoms with E-state index in [9.17, 15) is 9.50 Å². The molecule has 4 aromatic heterocycles. The summed E-state index contributed by atoms with van der Waals surface area (Å²) < 4.78 is 17.9. The molecule has 0 aliphatic carbocycles. The molecule has 1 atom stereocenters. The van der Waals surface area contributed by atoms with E-state index in [1.807, 2.05) is 30.2 Å². The van der Waals surface area contributed by atoms with Crippen LogP contribution in [-0.4, -0.2) is 65.6 Å². The highest BCUT2D eigenvalue weighted by molar-refractivity contribution is 5.77. The van der Waals surface area contributed by atoms with Crippen molar-refractivity contribution in [2.75, 3.05) is 36.0 Å². The van der Waals surface area contributed by atoms with E-state index in [-0.39, 0.29) is 5.56 Å². The van der Waals surface area contributed by atoms with Crippen molar-refractivity contribution in [3.05, 3.63) is 84.6 Å². The van der Waals surface area contributed by atoms with E-state index in [0.717, 1.165) is 35.6 Å². The van der Waals surface area contributed by atoms with Gasteiger partial charge in [-0.25, -0.2) is 23.9 Å². The molecule has 5 aromatic rings. The number of benzene rings is 1. The molecule has 5 heterocycles. The van der Waals surface area contributed by atoms with Crippen LogP contribution in [-0.2, 0) is 12.6 Å². The van der Waals surface area contributed by atoms with Gasteiger partial charge in [-0.3, -0.25) is 4.68 Å². The summed E-state index contributed by atoms with van der Waals surface area (Å²) >= 11 is 0. The second-order valence-corrected chi connectivity index (χ2v) is 9.34. The van der Waals surface area contributed by atoms with Gasteiger partial charge in [0.15, 0.2) is 5.82 Å². The molecular formula is C26H26FN9O. The molecule has 11 heteroatoms. The third kappa shape index (κ3) is 4.16. The summed E-state index contributed by atoms with van der Waals surface area (Å²) in [5, 5.41) is 19.7. The van der Waals surface area contributed by atoms with Crippen molar-refractivity contribution in [3.8, 4) is 11.1 Å². The Morgan fingerprint density at radius 2 is 1.62 bits per heavy atom. The van der Waals surface area contributed by atoms with Gasteiger partial charge in [0, 0.05) is 80.3 Å². The van der Waals surface area contributed by atoms with Crippen LogP contribution in [0.2, 0.25) is 0 Å². The highest BCUT2D eigenvalue weighted by atomic mass is 19.1. The van der Waals surface area contributed by atoms with Gasteiger partial charge in [-0.2, -0.15) is 10.2 Å². The molecule has 1 aliphatic heterocycles. The van der Waals surface area contributed by atoms with Crippen LogP contribution in [0.15, 0.2) is 67.6 Å². The third-order valence-electron chi connectivity index (χ3n) is 6.88. The molecule has 0 radical (unpaired) electrons. The molecule has 188 valence electrons. The van der Waals surface area contributed by atoms with E-state index in [4.69, 9.17) is 0 Å². The van der Waals surface area contributed by atoms with Crippen molar-refractivity contribution < 1.29 is 9.50 Å². The number of hydrogen-bond donors (Lipinski definition) is 1. The summed E-state index contributed by atoms with van der Waals surface area (Å²) in [7, 11) is 1.90. The fourth-order valence-corrected chi connectivity index (χ4v) is 4.75. The van der Waals surface area contributed by atoms with Crippen LogP contribution in [0.25, 0.3) is 16.6 Å². The summed E-state index contributed by atoms with van der Waals surface area (Å²) in [6.07, 6.45) is 10.5. The second-order valence-electron chi connectivity index (χ2n) is 9.34. The van der Waals surface area contributed by atoms with E-state index in [2.05, 4.69) is 41.0 Å². The van der Waals surface area contributed by atoms with Crippen LogP contribution in [0, 0.1) is 5.82 Å². The van der Waals surface area contributed by atoms with Crippen LogP contribution in [0.5, 0.6) is 0 Å². The summed E-state index contributed by atoms with van der Waals surface area (Å²) in [5.41, 5.74) is 2.08. The van der Waals surface area contributed by atoms with Gasteiger partial charge in [0.25, 0.3) is 0 Å². The minimum Gasteiger partial charge on any atom is -0.380 e. The van der Waals surface area contributed by atoms with Crippen LogP contribution in [0.4, 0.5) is 16.2 Å². The van der Waals surface area contributed by atoms with Crippen molar-refractivity contribution in [2.45, 2.75) is 12.5 Å². The van der Waals surface area contributed by atoms with Crippen molar-refractivity contribution in [2.24, 2.45) is 7.05 Å². The highest BCUT2D eigenvalue weighted by Crippen LogP contribution is 2.31. The van der Waals surface area contributed by atoms with Gasteiger partial charge >= 0.3 is 0 Å². The summed E-state index contributed by atoms with van der Waals surface area (Å²) in [6.45, 7) is 4.42. The molecule has 1 saturated heterocycles. The topological polar surface area (TPSA) is 100 Å². The Bertz CT molecular complexity index is 1550. The predicted molar refractivity (Wildman–Crippen MR) is 137 cm³/mol. The normalized spacial score (nSPS) is 15.8. The average molecular weight is 500 g/mol. The predicted octanol–water partition coefficient (Wildman–Crippen LogP) is 2.64. The fraction of sp³-hybridized carbons (Fsp3) is 0.269. The van der Waals surface area contributed by atoms with Crippen molar-refractivity contribution in [1.29, 1.82) is 0 Å². The smallest absolute Gasteiger partial charge is 0.225 e. The minimum atomic E-state index is -1.53. The molecule has 0 spiro atoms. The van der Waals surface area contributed by atoms with Crippen molar-refractivity contribution in [3.63, 3.8) is 0 Å². The van der Waals surface area contributed by atoms with Crippen molar-refractivity contribution in [1.82, 2.24) is 34.3 Å². The zero-order valence-corrected chi connectivity index (χ0v) is 20.5. The molecule has 1 aliphatic rings. The lowest BCUT2D eigenvalue weighted by Crippen LogP contribution is -2.47. The van der Waals surface area contributed by atoms with Gasteiger partial charge in [-0.15, -0.1) is 0 Å². The quantitative estimate of drug-likeness (QED) is 0.394. The monoisotopic (exact) mass is 499 g/mol. The maximum atomic E-state index is 14.3. The lowest BCUT2D eigenvalue weighted by atomic mass is 9.90. The second kappa shape index (κ2) is 8.93. The van der Waals surface area contributed by atoms with E-state index in [1.165, 1.54) is 6.07 Å². The van der Waals surface area contributed by atoms with E-state index < -0.39 is 11.4 Å². The first-order valence-electron chi connectivity index (χ1n) is 12.0. The zero-order chi connectivity index (χ0) is 25.6. The van der Waals surface area contributed by atoms with Gasteiger partial charge in [-0.05, 0) is 19.1 Å². The Hall–Kier alpha value is -4.38. The number of anilines is 2. The summed E-state index contributed by atoms with van der Waals surface area (Å²) in [5.74, 6) is 0.978. The van der Waals surface area contributed by atoms with Gasteiger partial charge in [0.2, 0.25) is 5.95 Å². The van der Waals surface area contributed by atoms with Crippen molar-refractivity contribution >= 4 is 17.3 Å². The number of aryl methyl sites for hydroxylation is 1. The van der Waals surface area contributed by atoms with E-state index in [1.54, 1.807) is 48.5 Å². The van der Waals surface area contributed by atoms with E-state index >= 15 is 0 Å². The number of aromatic nitrogens is 7. The first kappa shape index (κ1) is 23.0. The SMILES string of the molecule is Cn1cc(-c2cc3c(N4CCN(c5ncc([C@](C)(O)c6ccccc6F)cn5)CC4)ncnn3c2)cn1. The van der Waals surface area contributed by atoms with Crippen LogP contribution < -0.4 is 9.80 Å². The van der Waals surface area contributed by atoms with Crippen LogP contribution in [0.3, 0.4) is 0 Å². The van der Waals surface area contributed by atoms with Crippen LogP contribution in [0.1, 0.15) is 18.1 Å². The molecule has 1 aromatic carbocycles. The Balaban J connectivity index is 1.17. The van der Waals surface area contributed by atoms with Gasteiger partial charge in [0.1, 0.15) is 23.3 Å². The molecular weight excluding hydrogens is 473 g/mol. The molecule has 37 heavy (non-hydrogen) atoms. The number of aliphatic hydroxyl groups is 1. The number of halogens is 1. The maximum absolute atomic E-state index is 14.3. The molecule has 0 unspecified atom stereocenters. The first-order valence-corrected chi connectivity index (χ1v) is 12.0. The first-order chi connectivity index (χ1) is 17.9. The fourth-order valence-electron chi connectivity index (χ4n) is 4.75. The number of piperazine rings is 1. The lowest BCUT2D eigenvalue weighted by molar-refractivity contribution is 0.0972. The van der Waals surface area contributed by atoms with Gasteiger partial charge < -0.3 is 14.9 Å². The largest absolute Gasteiger partial charge is 0.380 e. The number of fused-ring (bicyclic) bond motifs is 1. The Kier molecular flexibility index (Phi) is 5.56. The molecule has 0 bridgehead atoms. The van der Waals surface area contributed by atoms with Crippen LogP contribution >= 0.6 is 0 Å². The van der Waals surface area contributed by atoms with E-state index in [0.29, 0.717) is 24.6 Å². The zero-order valence-electron chi connectivity index (χ0n) is 20.5. The highest BCUT2D eigenvalue weighted by Gasteiger charge is 2.30. The molecule has 6 rings (SSSR count). The molecule has 1 N–H and O–H groups in total.